The molecule has 0 spiro atoms. The fourth-order valence-corrected chi connectivity index (χ4v) is 2.45. The minimum Gasteiger partial charge on any atom is -0.435 e. The molecule has 1 unspecified atom stereocenters. The van der Waals surface area contributed by atoms with Crippen LogP contribution in [0, 0.1) is 0 Å². The molecule has 0 saturated carbocycles. The molecule has 25 heavy (non-hydrogen) atoms. The summed E-state index contributed by atoms with van der Waals surface area (Å²) in [6, 6.07) is 12.0. The first-order valence-corrected chi connectivity index (χ1v) is 7.52. The Kier molecular flexibility index (Phi) is 4.78. The Bertz CT molecular complexity index is 781. The standard InChI is InChI=1S/C17H15F2N3O3/c18-17(19)25-11-7-5-10(6-8-11)20-15(23)9-14-16(24)22-13-4-2-1-3-12(13)21-14/h1-8,14,17,21H,9H2,(H,20,23)(H,22,24). The van der Waals surface area contributed by atoms with Crippen molar-refractivity contribution >= 4 is 28.9 Å². The second-order valence-corrected chi connectivity index (χ2v) is 5.39. The average Bonchev–Trinajstić information content (AvgIpc) is 2.57. The highest BCUT2D eigenvalue weighted by molar-refractivity contribution is 6.06. The van der Waals surface area contributed by atoms with Gasteiger partial charge >= 0.3 is 6.61 Å². The van der Waals surface area contributed by atoms with Crippen LogP contribution in [0.3, 0.4) is 0 Å². The Morgan fingerprint density at radius 3 is 2.48 bits per heavy atom. The molecule has 6 nitrogen and oxygen atoms in total. The summed E-state index contributed by atoms with van der Waals surface area (Å²) in [5, 5.41) is 8.37. The normalized spacial score (nSPS) is 15.8. The lowest BCUT2D eigenvalue weighted by atomic mass is 10.1. The smallest absolute Gasteiger partial charge is 0.387 e. The molecular formula is C17H15F2N3O3. The van der Waals surface area contributed by atoms with E-state index in [0.717, 1.165) is 5.69 Å². The number of ether oxygens (including phenoxy) is 1. The van der Waals surface area contributed by atoms with Crippen molar-refractivity contribution in [3.8, 4) is 5.75 Å². The fourth-order valence-electron chi connectivity index (χ4n) is 2.45. The molecule has 2 aromatic rings. The van der Waals surface area contributed by atoms with E-state index >= 15 is 0 Å². The molecule has 1 aliphatic rings. The van der Waals surface area contributed by atoms with E-state index in [0.29, 0.717) is 11.4 Å². The van der Waals surface area contributed by atoms with Gasteiger partial charge in [0.25, 0.3) is 0 Å². The lowest BCUT2D eigenvalue weighted by Crippen LogP contribution is -2.41. The molecule has 0 radical (unpaired) electrons. The minimum atomic E-state index is -2.90. The number of hydrogen-bond donors (Lipinski definition) is 3. The third-order valence-corrected chi connectivity index (χ3v) is 3.58. The van der Waals surface area contributed by atoms with Crippen molar-refractivity contribution in [2.75, 3.05) is 16.0 Å². The van der Waals surface area contributed by atoms with Gasteiger partial charge < -0.3 is 20.7 Å². The lowest BCUT2D eigenvalue weighted by Gasteiger charge is -2.26. The van der Waals surface area contributed by atoms with Crippen LogP contribution >= 0.6 is 0 Å². The molecular weight excluding hydrogens is 332 g/mol. The van der Waals surface area contributed by atoms with Crippen LogP contribution in [0.2, 0.25) is 0 Å². The summed E-state index contributed by atoms with van der Waals surface area (Å²) in [5.41, 5.74) is 1.83. The molecule has 2 aromatic carbocycles. The van der Waals surface area contributed by atoms with Gasteiger partial charge in [-0.2, -0.15) is 8.78 Å². The van der Waals surface area contributed by atoms with Crippen molar-refractivity contribution in [2.45, 2.75) is 19.1 Å². The summed E-state index contributed by atoms with van der Waals surface area (Å²) < 4.78 is 28.4. The first kappa shape index (κ1) is 16.7. The molecule has 2 amide bonds. The molecule has 0 fully saturated rings. The van der Waals surface area contributed by atoms with Crippen molar-refractivity contribution in [1.82, 2.24) is 0 Å². The van der Waals surface area contributed by atoms with E-state index < -0.39 is 12.7 Å². The molecule has 0 aromatic heterocycles. The Balaban J connectivity index is 1.58. The summed E-state index contributed by atoms with van der Waals surface area (Å²) in [6.07, 6.45) is -0.0740. The third kappa shape index (κ3) is 4.23. The number of anilines is 3. The second-order valence-electron chi connectivity index (χ2n) is 5.39. The number of hydrogen-bond acceptors (Lipinski definition) is 4. The van der Waals surface area contributed by atoms with Crippen LogP contribution in [-0.4, -0.2) is 24.5 Å². The SMILES string of the molecule is O=C(CC1Nc2ccccc2NC1=O)Nc1ccc(OC(F)F)cc1. The zero-order valence-corrected chi connectivity index (χ0v) is 13.0. The highest BCUT2D eigenvalue weighted by Gasteiger charge is 2.27. The van der Waals surface area contributed by atoms with Crippen LogP contribution in [0.25, 0.3) is 0 Å². The quantitative estimate of drug-likeness (QED) is 0.777. The van der Waals surface area contributed by atoms with Gasteiger partial charge in [0.15, 0.2) is 0 Å². The minimum absolute atomic E-state index is 0.00192. The maximum atomic E-state index is 12.1. The topological polar surface area (TPSA) is 79.5 Å². The van der Waals surface area contributed by atoms with Crippen LogP contribution in [0.5, 0.6) is 5.75 Å². The lowest BCUT2D eigenvalue weighted by molar-refractivity contribution is -0.122. The summed E-state index contributed by atoms with van der Waals surface area (Å²) in [6.45, 7) is -2.90. The van der Waals surface area contributed by atoms with Gasteiger partial charge in [-0.15, -0.1) is 0 Å². The number of nitrogens with one attached hydrogen (secondary N) is 3. The van der Waals surface area contributed by atoms with Gasteiger partial charge in [-0.1, -0.05) is 12.1 Å². The molecule has 8 heteroatoms. The van der Waals surface area contributed by atoms with Crippen LogP contribution in [0.15, 0.2) is 48.5 Å². The Labute approximate surface area is 142 Å². The zero-order valence-electron chi connectivity index (χ0n) is 13.0. The number of para-hydroxylation sites is 2. The zero-order chi connectivity index (χ0) is 17.8. The number of benzene rings is 2. The maximum absolute atomic E-state index is 12.1. The van der Waals surface area contributed by atoms with Crippen LogP contribution < -0.4 is 20.7 Å². The number of fused-ring (bicyclic) bond motifs is 1. The Morgan fingerprint density at radius 2 is 1.80 bits per heavy atom. The molecule has 3 rings (SSSR count). The highest BCUT2D eigenvalue weighted by atomic mass is 19.3. The molecule has 130 valence electrons. The summed E-state index contributed by atoms with van der Waals surface area (Å²) in [5.74, 6) is -0.679. The van der Waals surface area contributed by atoms with Gasteiger partial charge in [0.2, 0.25) is 11.8 Å². The fraction of sp³-hybridized carbons (Fsp3) is 0.176. The maximum Gasteiger partial charge on any atom is 0.387 e. The molecule has 1 atom stereocenters. The molecule has 1 aliphatic heterocycles. The molecule has 0 aliphatic carbocycles. The monoisotopic (exact) mass is 347 g/mol. The number of alkyl halides is 2. The largest absolute Gasteiger partial charge is 0.435 e. The first-order chi connectivity index (χ1) is 12.0. The predicted molar refractivity (Wildman–Crippen MR) is 88.8 cm³/mol. The van der Waals surface area contributed by atoms with Gasteiger partial charge in [0, 0.05) is 5.69 Å². The van der Waals surface area contributed by atoms with Gasteiger partial charge in [0.1, 0.15) is 11.8 Å². The number of amides is 2. The summed E-state index contributed by atoms with van der Waals surface area (Å²) in [4.78, 5) is 24.2. The van der Waals surface area contributed by atoms with Crippen molar-refractivity contribution in [2.24, 2.45) is 0 Å². The highest BCUT2D eigenvalue weighted by Crippen LogP contribution is 2.27. The number of rotatable bonds is 5. The second kappa shape index (κ2) is 7.16. The molecule has 1 heterocycles. The molecule has 0 bridgehead atoms. The van der Waals surface area contributed by atoms with Crippen LogP contribution in [-0.2, 0) is 9.59 Å². The van der Waals surface area contributed by atoms with Gasteiger partial charge in [-0.25, -0.2) is 0 Å². The van der Waals surface area contributed by atoms with E-state index in [9.17, 15) is 18.4 Å². The van der Waals surface area contributed by atoms with E-state index in [1.54, 1.807) is 18.2 Å². The molecule has 3 N–H and O–H groups in total. The van der Waals surface area contributed by atoms with Crippen molar-refractivity contribution in [3.05, 3.63) is 48.5 Å². The summed E-state index contributed by atoms with van der Waals surface area (Å²) >= 11 is 0. The summed E-state index contributed by atoms with van der Waals surface area (Å²) in [7, 11) is 0. The van der Waals surface area contributed by atoms with Gasteiger partial charge in [-0.3, -0.25) is 9.59 Å². The van der Waals surface area contributed by atoms with Crippen molar-refractivity contribution in [3.63, 3.8) is 0 Å². The van der Waals surface area contributed by atoms with Gasteiger partial charge in [-0.05, 0) is 36.4 Å². The Morgan fingerprint density at radius 1 is 1.12 bits per heavy atom. The number of carbonyl (C=O) groups excluding carboxylic acids is 2. The van der Waals surface area contributed by atoms with E-state index in [4.69, 9.17) is 0 Å². The third-order valence-electron chi connectivity index (χ3n) is 3.58. The van der Waals surface area contributed by atoms with E-state index in [2.05, 4.69) is 20.7 Å². The van der Waals surface area contributed by atoms with Crippen molar-refractivity contribution in [1.29, 1.82) is 0 Å². The first-order valence-electron chi connectivity index (χ1n) is 7.52. The average molecular weight is 347 g/mol. The van der Waals surface area contributed by atoms with Crippen LogP contribution in [0.1, 0.15) is 6.42 Å². The van der Waals surface area contributed by atoms with Crippen molar-refractivity contribution < 1.29 is 23.1 Å². The number of halogens is 2. The van der Waals surface area contributed by atoms with E-state index in [-0.39, 0.29) is 24.0 Å². The predicted octanol–water partition coefficient (Wildman–Crippen LogP) is 3.05. The molecule has 0 saturated heterocycles. The van der Waals surface area contributed by atoms with E-state index in [1.165, 1.54) is 24.3 Å². The Hall–Kier alpha value is -3.16. The van der Waals surface area contributed by atoms with Crippen LogP contribution in [0.4, 0.5) is 25.8 Å². The number of carbonyl (C=O) groups is 2. The van der Waals surface area contributed by atoms with E-state index in [1.807, 2.05) is 6.07 Å². The van der Waals surface area contributed by atoms with Gasteiger partial charge in [0.05, 0.1) is 17.8 Å².